The Kier molecular flexibility index (Phi) is 5.23. The minimum absolute atomic E-state index is 0.0351. The summed E-state index contributed by atoms with van der Waals surface area (Å²) in [6.07, 6.45) is -0.457. The monoisotopic (exact) mass is 358 g/mol. The molecule has 0 spiro atoms. The van der Waals surface area contributed by atoms with Crippen LogP contribution in [0, 0.1) is 6.92 Å². The van der Waals surface area contributed by atoms with Crippen LogP contribution in [0.4, 0.5) is 0 Å². The molecule has 22 heavy (non-hydrogen) atoms. The number of carboxylic acids is 1. The number of carbonyl (C=O) groups is 1. The number of rotatable bonds is 6. The van der Waals surface area contributed by atoms with Crippen molar-refractivity contribution in [1.29, 1.82) is 0 Å². The van der Waals surface area contributed by atoms with Gasteiger partial charge in [0.05, 0.1) is 10.4 Å². The highest BCUT2D eigenvalue weighted by atomic mass is 35.5. The molecule has 0 bridgehead atoms. The van der Waals surface area contributed by atoms with Gasteiger partial charge >= 0.3 is 0 Å². The van der Waals surface area contributed by atoms with Gasteiger partial charge in [0.2, 0.25) is 0 Å². The molecule has 118 valence electrons. The first-order valence-corrected chi connectivity index (χ1v) is 9.00. The van der Waals surface area contributed by atoms with Gasteiger partial charge in [-0.15, -0.1) is 11.3 Å². The molecule has 1 aromatic heterocycles. The van der Waals surface area contributed by atoms with E-state index in [1.165, 1.54) is 12.1 Å². The first kappa shape index (κ1) is 17.0. The lowest BCUT2D eigenvalue weighted by Crippen LogP contribution is -2.34. The Bertz CT molecular complexity index is 768. The van der Waals surface area contributed by atoms with Gasteiger partial charge in [-0.2, -0.15) is 0 Å². The molecule has 0 radical (unpaired) electrons. The first-order valence-electron chi connectivity index (χ1n) is 6.32. The normalized spacial score (nSPS) is 13.0. The first-order chi connectivity index (χ1) is 10.3. The maximum atomic E-state index is 12.3. The summed E-state index contributed by atoms with van der Waals surface area (Å²) in [4.78, 5) is 10.9. The molecule has 0 saturated carbocycles. The highest BCUT2D eigenvalue weighted by Gasteiger charge is 2.23. The Labute approximate surface area is 137 Å². The molecule has 0 aliphatic heterocycles. The summed E-state index contributed by atoms with van der Waals surface area (Å²) in [6.45, 7) is 1.88. The Balaban J connectivity index is 2.30. The minimum Gasteiger partial charge on any atom is -0.550 e. The van der Waals surface area contributed by atoms with Crippen LogP contribution in [-0.2, 0) is 14.8 Å². The summed E-state index contributed by atoms with van der Waals surface area (Å²) in [5.41, 5.74) is 1.55. The van der Waals surface area contributed by atoms with Crippen LogP contribution in [0.1, 0.15) is 23.6 Å². The van der Waals surface area contributed by atoms with Crippen molar-refractivity contribution in [1.82, 2.24) is 4.72 Å². The Morgan fingerprint density at radius 1 is 1.27 bits per heavy atom. The van der Waals surface area contributed by atoms with Gasteiger partial charge in [-0.05, 0) is 24.6 Å². The number of hydrogen-bond acceptors (Lipinski definition) is 5. The van der Waals surface area contributed by atoms with Gasteiger partial charge in [0.25, 0.3) is 10.0 Å². The van der Waals surface area contributed by atoms with Crippen LogP contribution in [0.25, 0.3) is 0 Å². The molecule has 1 aromatic carbocycles. The van der Waals surface area contributed by atoms with E-state index in [9.17, 15) is 18.3 Å². The number of halogens is 1. The largest absolute Gasteiger partial charge is 0.550 e. The molecule has 0 unspecified atom stereocenters. The Morgan fingerprint density at radius 3 is 2.41 bits per heavy atom. The number of carbonyl (C=O) groups excluding carboxylic acids is 1. The highest BCUT2D eigenvalue weighted by molar-refractivity contribution is 7.91. The molecule has 0 aliphatic carbocycles. The van der Waals surface area contributed by atoms with E-state index in [2.05, 4.69) is 4.72 Å². The second-order valence-corrected chi connectivity index (χ2v) is 8.38. The van der Waals surface area contributed by atoms with Crippen molar-refractivity contribution in [3.05, 3.63) is 51.9 Å². The van der Waals surface area contributed by atoms with Gasteiger partial charge in [-0.25, -0.2) is 13.1 Å². The quantitative estimate of drug-likeness (QED) is 0.854. The summed E-state index contributed by atoms with van der Waals surface area (Å²) in [6, 6.07) is 8.89. The SMILES string of the molecule is Cc1ccc([C@@H](CC(=O)[O-])NS(=O)(=O)c2ccc(Cl)s2)cc1. The third-order valence-electron chi connectivity index (χ3n) is 2.96. The zero-order valence-corrected chi connectivity index (χ0v) is 14.0. The van der Waals surface area contributed by atoms with Crippen LogP contribution in [0.2, 0.25) is 4.34 Å². The number of benzene rings is 1. The smallest absolute Gasteiger partial charge is 0.250 e. The standard InChI is InChI=1S/C14H14ClNO4S2/c1-9-2-4-10(5-3-9)11(8-13(17)18)16-22(19,20)14-7-6-12(15)21-14/h2-7,11,16H,8H2,1H3,(H,17,18)/p-1/t11-/m1/s1. The summed E-state index contributed by atoms with van der Waals surface area (Å²) < 4.78 is 27.4. The molecule has 1 heterocycles. The van der Waals surface area contributed by atoms with Crippen LogP contribution < -0.4 is 9.83 Å². The summed E-state index contributed by atoms with van der Waals surface area (Å²) in [5.74, 6) is -1.34. The van der Waals surface area contributed by atoms with E-state index in [0.717, 1.165) is 16.9 Å². The second-order valence-electron chi connectivity index (χ2n) is 4.72. The van der Waals surface area contributed by atoms with E-state index in [-0.39, 0.29) is 4.21 Å². The average molecular weight is 359 g/mol. The second kappa shape index (κ2) is 6.78. The lowest BCUT2D eigenvalue weighted by atomic mass is 10.0. The predicted molar refractivity (Wildman–Crippen MR) is 83.2 cm³/mol. The van der Waals surface area contributed by atoms with Gasteiger partial charge < -0.3 is 9.90 Å². The zero-order chi connectivity index (χ0) is 16.3. The van der Waals surface area contributed by atoms with E-state index < -0.39 is 28.5 Å². The summed E-state index contributed by atoms with van der Waals surface area (Å²) in [5, 5.41) is 10.9. The molecule has 0 fully saturated rings. The lowest BCUT2D eigenvalue weighted by Gasteiger charge is -2.19. The number of aliphatic carboxylic acids is 1. The maximum absolute atomic E-state index is 12.3. The van der Waals surface area contributed by atoms with E-state index >= 15 is 0 Å². The number of nitrogens with one attached hydrogen (secondary N) is 1. The number of hydrogen-bond donors (Lipinski definition) is 1. The fourth-order valence-corrected chi connectivity index (χ4v) is 4.60. The molecular weight excluding hydrogens is 346 g/mol. The van der Waals surface area contributed by atoms with Crippen molar-refractivity contribution in [3.8, 4) is 0 Å². The Morgan fingerprint density at radius 2 is 1.91 bits per heavy atom. The van der Waals surface area contributed by atoms with Crippen molar-refractivity contribution in [2.24, 2.45) is 0 Å². The molecule has 1 N–H and O–H groups in total. The molecule has 2 rings (SSSR count). The van der Waals surface area contributed by atoms with Crippen molar-refractivity contribution < 1.29 is 18.3 Å². The van der Waals surface area contributed by atoms with Crippen molar-refractivity contribution in [2.45, 2.75) is 23.6 Å². The van der Waals surface area contributed by atoms with Crippen LogP contribution in [0.3, 0.4) is 0 Å². The lowest BCUT2D eigenvalue weighted by molar-refractivity contribution is -0.306. The van der Waals surface area contributed by atoms with Crippen molar-refractivity contribution in [3.63, 3.8) is 0 Å². The van der Waals surface area contributed by atoms with Crippen LogP contribution in [0.15, 0.2) is 40.6 Å². The van der Waals surface area contributed by atoms with Gasteiger partial charge in [-0.3, -0.25) is 0 Å². The van der Waals surface area contributed by atoms with Crippen LogP contribution in [-0.4, -0.2) is 14.4 Å². The van der Waals surface area contributed by atoms with Gasteiger partial charge in [0.15, 0.2) is 0 Å². The minimum atomic E-state index is -3.85. The van der Waals surface area contributed by atoms with E-state index in [4.69, 9.17) is 11.6 Å². The van der Waals surface area contributed by atoms with Crippen molar-refractivity contribution >= 4 is 38.9 Å². The molecule has 5 nitrogen and oxygen atoms in total. The van der Waals surface area contributed by atoms with Gasteiger partial charge in [0.1, 0.15) is 4.21 Å². The summed E-state index contributed by atoms with van der Waals surface area (Å²) >= 11 is 6.65. The number of aryl methyl sites for hydroxylation is 1. The van der Waals surface area contributed by atoms with Gasteiger partial charge in [0, 0.05) is 12.4 Å². The average Bonchev–Trinajstić information content (AvgIpc) is 2.85. The molecular formula is C14H13ClNO4S2-. The topological polar surface area (TPSA) is 86.3 Å². The molecule has 0 aliphatic rings. The highest BCUT2D eigenvalue weighted by Crippen LogP contribution is 2.27. The fourth-order valence-electron chi connectivity index (χ4n) is 1.88. The molecule has 0 saturated heterocycles. The molecule has 8 heteroatoms. The number of carboxylic acid groups (broad SMARTS) is 1. The zero-order valence-electron chi connectivity index (χ0n) is 11.6. The van der Waals surface area contributed by atoms with E-state index in [1.54, 1.807) is 24.3 Å². The predicted octanol–water partition coefficient (Wildman–Crippen LogP) is 1.87. The van der Waals surface area contributed by atoms with E-state index in [1.807, 2.05) is 6.92 Å². The molecule has 2 aromatic rings. The Hall–Kier alpha value is -1.41. The third kappa shape index (κ3) is 4.30. The van der Waals surface area contributed by atoms with Crippen LogP contribution >= 0.6 is 22.9 Å². The number of sulfonamides is 1. The summed E-state index contributed by atoms with van der Waals surface area (Å²) in [7, 11) is -3.85. The molecule has 0 amide bonds. The molecule has 1 atom stereocenters. The fraction of sp³-hybridized carbons (Fsp3) is 0.214. The third-order valence-corrected chi connectivity index (χ3v) is 6.16. The van der Waals surface area contributed by atoms with Crippen molar-refractivity contribution in [2.75, 3.05) is 0 Å². The van der Waals surface area contributed by atoms with Crippen LogP contribution in [0.5, 0.6) is 0 Å². The van der Waals surface area contributed by atoms with Gasteiger partial charge in [-0.1, -0.05) is 41.4 Å². The maximum Gasteiger partial charge on any atom is 0.250 e. The van der Waals surface area contributed by atoms with E-state index in [0.29, 0.717) is 9.90 Å². The number of thiophene rings is 1.